The van der Waals surface area contributed by atoms with Crippen molar-refractivity contribution in [1.82, 2.24) is 10.2 Å². The van der Waals surface area contributed by atoms with Crippen LogP contribution in [0.1, 0.15) is 18.9 Å². The largest absolute Gasteiger partial charge is 0.316 e. The molecule has 2 unspecified atom stereocenters. The molecule has 0 spiro atoms. The zero-order chi connectivity index (χ0) is 14.1. The first-order chi connectivity index (χ1) is 9.69. The van der Waals surface area contributed by atoms with Crippen molar-refractivity contribution in [2.24, 2.45) is 0 Å². The topological polar surface area (TPSA) is 35.6 Å². The van der Waals surface area contributed by atoms with E-state index in [0.717, 1.165) is 31.6 Å². The number of carbonyl (C=O) groups excluding carboxylic acids is 1. The first-order valence-electron chi connectivity index (χ1n) is 7.48. The van der Waals surface area contributed by atoms with Gasteiger partial charge in [0.15, 0.2) is 0 Å². The summed E-state index contributed by atoms with van der Waals surface area (Å²) in [5.74, 6) is 0.235. The average Bonchev–Trinajstić information content (AvgIpc) is 3.01. The maximum Gasteiger partial charge on any atom is 0.241 e. The number of hydrogen-bond donors (Lipinski definition) is 1. The standard InChI is InChI=1S/C16H23N3O.ClH/c1-12-9-13-5-3-4-6-15(13)19(12)16(20)11-18-8-7-14(10-18)17-2;/h3-6,12,14,17H,7-11H2,1-2H3;1H. The molecule has 116 valence electrons. The van der Waals surface area contributed by atoms with Crippen molar-refractivity contribution in [2.75, 3.05) is 31.6 Å². The zero-order valence-corrected chi connectivity index (χ0v) is 13.5. The number of carbonyl (C=O) groups is 1. The minimum Gasteiger partial charge on any atom is -0.316 e. The minimum absolute atomic E-state index is 0. The summed E-state index contributed by atoms with van der Waals surface area (Å²) in [7, 11) is 1.99. The number of likely N-dealkylation sites (tertiary alicyclic amines) is 1. The van der Waals surface area contributed by atoms with E-state index in [-0.39, 0.29) is 24.4 Å². The number of nitrogens with one attached hydrogen (secondary N) is 1. The molecule has 2 aliphatic heterocycles. The maximum absolute atomic E-state index is 12.6. The number of likely N-dealkylation sites (N-methyl/N-ethyl adjacent to an activating group) is 1. The number of benzene rings is 1. The number of fused-ring (bicyclic) bond motifs is 1. The maximum atomic E-state index is 12.6. The van der Waals surface area contributed by atoms with Crippen LogP contribution in [-0.2, 0) is 11.2 Å². The number of nitrogens with zero attached hydrogens (tertiary/aromatic N) is 2. The molecule has 0 radical (unpaired) electrons. The van der Waals surface area contributed by atoms with E-state index in [4.69, 9.17) is 0 Å². The summed E-state index contributed by atoms with van der Waals surface area (Å²) >= 11 is 0. The van der Waals surface area contributed by atoms with Crippen LogP contribution in [0.4, 0.5) is 5.69 Å². The predicted molar refractivity (Wildman–Crippen MR) is 88.2 cm³/mol. The van der Waals surface area contributed by atoms with E-state index >= 15 is 0 Å². The fourth-order valence-electron chi connectivity index (χ4n) is 3.42. The second kappa shape index (κ2) is 6.77. The monoisotopic (exact) mass is 309 g/mol. The van der Waals surface area contributed by atoms with E-state index in [1.807, 2.05) is 18.0 Å². The van der Waals surface area contributed by atoms with E-state index in [9.17, 15) is 4.79 Å². The molecule has 2 heterocycles. The van der Waals surface area contributed by atoms with Gasteiger partial charge >= 0.3 is 0 Å². The Morgan fingerprint density at radius 2 is 2.14 bits per heavy atom. The van der Waals surface area contributed by atoms with Crippen molar-refractivity contribution < 1.29 is 4.79 Å². The van der Waals surface area contributed by atoms with E-state index < -0.39 is 0 Å². The molecular weight excluding hydrogens is 286 g/mol. The Morgan fingerprint density at radius 1 is 1.38 bits per heavy atom. The minimum atomic E-state index is 0. The van der Waals surface area contributed by atoms with Crippen LogP contribution < -0.4 is 10.2 Å². The van der Waals surface area contributed by atoms with Gasteiger partial charge in [0.1, 0.15) is 0 Å². The second-order valence-electron chi connectivity index (χ2n) is 5.95. The molecule has 1 fully saturated rings. The van der Waals surface area contributed by atoms with Crippen molar-refractivity contribution in [3.8, 4) is 0 Å². The smallest absolute Gasteiger partial charge is 0.241 e. The normalized spacial score (nSPS) is 24.8. The Balaban J connectivity index is 0.00000161. The number of hydrogen-bond acceptors (Lipinski definition) is 3. The van der Waals surface area contributed by atoms with Crippen LogP contribution in [0.2, 0.25) is 0 Å². The lowest BCUT2D eigenvalue weighted by atomic mass is 10.1. The molecule has 0 bridgehead atoms. The SMILES string of the molecule is CNC1CCN(CC(=O)N2c3ccccc3CC2C)C1.Cl. The van der Waals surface area contributed by atoms with Crippen molar-refractivity contribution in [3.05, 3.63) is 29.8 Å². The van der Waals surface area contributed by atoms with Gasteiger partial charge in [0, 0.05) is 30.9 Å². The van der Waals surface area contributed by atoms with Gasteiger partial charge in [0.25, 0.3) is 0 Å². The zero-order valence-electron chi connectivity index (χ0n) is 12.7. The fraction of sp³-hybridized carbons (Fsp3) is 0.562. The first kappa shape index (κ1) is 16.3. The van der Waals surface area contributed by atoms with Gasteiger partial charge in [-0.15, -0.1) is 12.4 Å². The van der Waals surface area contributed by atoms with E-state index in [0.29, 0.717) is 12.6 Å². The number of halogens is 1. The highest BCUT2D eigenvalue weighted by molar-refractivity contribution is 5.97. The first-order valence-corrected chi connectivity index (χ1v) is 7.48. The molecule has 0 aromatic heterocycles. The van der Waals surface area contributed by atoms with Gasteiger partial charge in [-0.05, 0) is 38.4 Å². The van der Waals surface area contributed by atoms with Crippen LogP contribution >= 0.6 is 12.4 Å². The average molecular weight is 310 g/mol. The molecule has 2 aliphatic rings. The Kier molecular flexibility index (Phi) is 5.25. The number of rotatable bonds is 3. The summed E-state index contributed by atoms with van der Waals surface area (Å²) in [5.41, 5.74) is 2.40. The lowest BCUT2D eigenvalue weighted by Crippen LogP contribution is -2.43. The summed E-state index contributed by atoms with van der Waals surface area (Å²) in [6, 6.07) is 9.08. The van der Waals surface area contributed by atoms with E-state index in [2.05, 4.69) is 35.3 Å². The van der Waals surface area contributed by atoms with Gasteiger partial charge in [-0.1, -0.05) is 18.2 Å². The van der Waals surface area contributed by atoms with Crippen molar-refractivity contribution in [3.63, 3.8) is 0 Å². The predicted octanol–water partition coefficient (Wildman–Crippen LogP) is 1.68. The molecule has 1 aromatic carbocycles. The van der Waals surface area contributed by atoms with Crippen LogP contribution in [0.25, 0.3) is 0 Å². The number of para-hydroxylation sites is 1. The van der Waals surface area contributed by atoms with Crippen LogP contribution in [0, 0.1) is 0 Å². The Morgan fingerprint density at radius 3 is 2.86 bits per heavy atom. The van der Waals surface area contributed by atoms with Gasteiger partial charge in [-0.3, -0.25) is 9.69 Å². The molecule has 1 N–H and O–H groups in total. The van der Waals surface area contributed by atoms with E-state index in [1.54, 1.807) is 0 Å². The molecule has 0 saturated carbocycles. The van der Waals surface area contributed by atoms with Gasteiger partial charge in [-0.2, -0.15) is 0 Å². The highest BCUT2D eigenvalue weighted by Gasteiger charge is 2.32. The molecule has 1 aromatic rings. The molecule has 21 heavy (non-hydrogen) atoms. The van der Waals surface area contributed by atoms with Crippen molar-refractivity contribution in [2.45, 2.75) is 31.8 Å². The number of amides is 1. The molecule has 4 nitrogen and oxygen atoms in total. The third-order valence-electron chi connectivity index (χ3n) is 4.52. The summed E-state index contributed by atoms with van der Waals surface area (Å²) in [6.07, 6.45) is 2.11. The van der Waals surface area contributed by atoms with Crippen molar-refractivity contribution in [1.29, 1.82) is 0 Å². The third kappa shape index (κ3) is 3.23. The Labute approximate surface area is 132 Å². The third-order valence-corrected chi connectivity index (χ3v) is 4.52. The van der Waals surface area contributed by atoms with Crippen LogP contribution in [0.3, 0.4) is 0 Å². The van der Waals surface area contributed by atoms with Crippen LogP contribution in [0.15, 0.2) is 24.3 Å². The Hall–Kier alpha value is -1.10. The highest BCUT2D eigenvalue weighted by atomic mass is 35.5. The molecule has 2 atom stereocenters. The summed E-state index contributed by atoms with van der Waals surface area (Å²) in [6.45, 7) is 4.67. The molecule has 1 saturated heterocycles. The summed E-state index contributed by atoms with van der Waals surface area (Å²) < 4.78 is 0. The van der Waals surface area contributed by atoms with Crippen LogP contribution in [-0.4, -0.2) is 49.6 Å². The lowest BCUT2D eigenvalue weighted by molar-refractivity contribution is -0.119. The second-order valence-corrected chi connectivity index (χ2v) is 5.95. The molecular formula is C16H24ClN3O. The van der Waals surface area contributed by atoms with Gasteiger partial charge in [0.2, 0.25) is 5.91 Å². The van der Waals surface area contributed by atoms with Gasteiger partial charge < -0.3 is 10.2 Å². The molecule has 5 heteroatoms. The van der Waals surface area contributed by atoms with E-state index in [1.165, 1.54) is 5.56 Å². The summed E-state index contributed by atoms with van der Waals surface area (Å²) in [5, 5.41) is 3.29. The quantitative estimate of drug-likeness (QED) is 0.923. The fourth-order valence-corrected chi connectivity index (χ4v) is 3.42. The molecule has 1 amide bonds. The molecule has 3 rings (SSSR count). The summed E-state index contributed by atoms with van der Waals surface area (Å²) in [4.78, 5) is 16.9. The lowest BCUT2D eigenvalue weighted by Gasteiger charge is -2.25. The highest BCUT2D eigenvalue weighted by Crippen LogP contribution is 2.31. The van der Waals surface area contributed by atoms with Gasteiger partial charge in [0.05, 0.1) is 6.54 Å². The van der Waals surface area contributed by atoms with Crippen LogP contribution in [0.5, 0.6) is 0 Å². The van der Waals surface area contributed by atoms with Crippen molar-refractivity contribution >= 4 is 24.0 Å². The molecule has 0 aliphatic carbocycles. The van der Waals surface area contributed by atoms with Gasteiger partial charge in [-0.25, -0.2) is 0 Å². The number of anilines is 1. The Bertz CT molecular complexity index is 508.